The normalized spacial score (nSPS) is 17.4. The topological polar surface area (TPSA) is 81.8 Å². The second kappa shape index (κ2) is 5.93. The van der Waals surface area contributed by atoms with Crippen molar-refractivity contribution < 1.29 is 19.4 Å². The molecule has 1 heterocycles. The molecule has 0 saturated carbocycles. The summed E-state index contributed by atoms with van der Waals surface area (Å²) < 4.78 is 11.1. The zero-order valence-corrected chi connectivity index (χ0v) is 11.0. The Kier molecular flexibility index (Phi) is 4.27. The van der Waals surface area contributed by atoms with Crippen molar-refractivity contribution in [2.75, 3.05) is 13.2 Å². The summed E-state index contributed by atoms with van der Waals surface area (Å²) in [4.78, 5) is 10.8. The Hall–Kier alpha value is -1.75. The number of fused-ring (bicyclic) bond motifs is 1. The van der Waals surface area contributed by atoms with Crippen LogP contribution in [-0.4, -0.2) is 24.3 Å². The summed E-state index contributed by atoms with van der Waals surface area (Å²) in [6, 6.07) is 5.23. The summed E-state index contributed by atoms with van der Waals surface area (Å²) in [5, 5.41) is 8.91. The number of carboxylic acids is 1. The van der Waals surface area contributed by atoms with Gasteiger partial charge in [0.2, 0.25) is 0 Å². The van der Waals surface area contributed by atoms with Crippen molar-refractivity contribution in [2.24, 2.45) is 11.7 Å². The molecular weight excluding hydrogens is 246 g/mol. The highest BCUT2D eigenvalue weighted by atomic mass is 16.5. The number of aliphatic carboxylic acids is 1. The molecule has 0 saturated heterocycles. The van der Waals surface area contributed by atoms with Crippen molar-refractivity contribution in [3.63, 3.8) is 0 Å². The fraction of sp³-hybridized carbons (Fsp3) is 0.500. The fourth-order valence-corrected chi connectivity index (χ4v) is 2.03. The Morgan fingerprint density at radius 1 is 1.37 bits per heavy atom. The maximum absolute atomic E-state index is 10.8. The van der Waals surface area contributed by atoms with E-state index in [1.165, 1.54) is 0 Å². The van der Waals surface area contributed by atoms with Crippen molar-refractivity contribution in [2.45, 2.75) is 25.8 Å². The van der Waals surface area contributed by atoms with Gasteiger partial charge in [-0.05, 0) is 24.1 Å². The van der Waals surface area contributed by atoms with Gasteiger partial charge < -0.3 is 20.3 Å². The van der Waals surface area contributed by atoms with Crippen LogP contribution in [0.25, 0.3) is 0 Å². The van der Waals surface area contributed by atoms with E-state index in [1.54, 1.807) is 6.92 Å². The summed E-state index contributed by atoms with van der Waals surface area (Å²) in [5.74, 6) is 0.115. The number of benzene rings is 1. The molecule has 104 valence electrons. The van der Waals surface area contributed by atoms with Crippen LogP contribution in [0, 0.1) is 5.92 Å². The second-order valence-corrected chi connectivity index (χ2v) is 4.84. The van der Waals surface area contributed by atoms with Crippen molar-refractivity contribution in [1.29, 1.82) is 0 Å². The Morgan fingerprint density at radius 3 is 2.74 bits per heavy atom. The highest BCUT2D eigenvalue weighted by Crippen LogP contribution is 2.33. The predicted octanol–water partition coefficient (Wildman–Crippen LogP) is 1.96. The van der Waals surface area contributed by atoms with Gasteiger partial charge in [0.1, 0.15) is 0 Å². The molecule has 1 aromatic rings. The first-order chi connectivity index (χ1) is 9.08. The first-order valence-corrected chi connectivity index (χ1v) is 6.46. The Morgan fingerprint density at radius 2 is 2.05 bits per heavy atom. The van der Waals surface area contributed by atoms with E-state index in [9.17, 15) is 4.79 Å². The van der Waals surface area contributed by atoms with E-state index in [1.807, 2.05) is 18.2 Å². The lowest BCUT2D eigenvalue weighted by Crippen LogP contribution is -2.19. The molecular formula is C14H19NO4. The van der Waals surface area contributed by atoms with Gasteiger partial charge in [0, 0.05) is 12.5 Å². The molecule has 0 radical (unpaired) electrons. The van der Waals surface area contributed by atoms with Crippen LogP contribution in [0.3, 0.4) is 0 Å². The maximum Gasteiger partial charge on any atom is 0.306 e. The molecule has 5 heteroatoms. The van der Waals surface area contributed by atoms with Gasteiger partial charge in [-0.2, -0.15) is 0 Å². The van der Waals surface area contributed by atoms with Crippen LogP contribution in [0.2, 0.25) is 0 Å². The van der Waals surface area contributed by atoms with Crippen LogP contribution < -0.4 is 15.2 Å². The summed E-state index contributed by atoms with van der Waals surface area (Å²) in [6.45, 7) is 2.93. The van der Waals surface area contributed by atoms with E-state index in [2.05, 4.69) is 0 Å². The minimum absolute atomic E-state index is 0.316. The van der Waals surface area contributed by atoms with Crippen molar-refractivity contribution in [1.82, 2.24) is 0 Å². The zero-order chi connectivity index (χ0) is 13.8. The van der Waals surface area contributed by atoms with Crippen LogP contribution in [0.5, 0.6) is 11.5 Å². The highest BCUT2D eigenvalue weighted by Gasteiger charge is 2.19. The molecule has 1 aliphatic rings. The van der Waals surface area contributed by atoms with E-state index >= 15 is 0 Å². The Bertz CT molecular complexity index is 461. The van der Waals surface area contributed by atoms with E-state index in [-0.39, 0.29) is 6.04 Å². The Balaban J connectivity index is 2.12. The number of hydrogen-bond donors (Lipinski definition) is 2. The standard InChI is InChI=1S/C14H19NO4/c1-9(14(16)17)7-11(15)10-3-4-12-13(8-10)19-6-2-5-18-12/h3-4,8-9,11H,2,5-7,15H2,1H3,(H,16,17). The minimum atomic E-state index is -0.829. The van der Waals surface area contributed by atoms with Gasteiger partial charge in [-0.25, -0.2) is 0 Å². The van der Waals surface area contributed by atoms with Gasteiger partial charge in [0.25, 0.3) is 0 Å². The van der Waals surface area contributed by atoms with E-state index in [0.29, 0.717) is 25.4 Å². The predicted molar refractivity (Wildman–Crippen MR) is 70.4 cm³/mol. The number of rotatable bonds is 4. The molecule has 1 aromatic carbocycles. The third-order valence-corrected chi connectivity index (χ3v) is 3.23. The van der Waals surface area contributed by atoms with Gasteiger partial charge in [-0.3, -0.25) is 4.79 Å². The summed E-state index contributed by atoms with van der Waals surface area (Å²) in [7, 11) is 0. The van der Waals surface area contributed by atoms with Gasteiger partial charge in [-0.1, -0.05) is 13.0 Å². The van der Waals surface area contributed by atoms with Crippen LogP contribution in [-0.2, 0) is 4.79 Å². The average Bonchev–Trinajstić information content (AvgIpc) is 2.62. The summed E-state index contributed by atoms with van der Waals surface area (Å²) in [5.41, 5.74) is 6.92. The third-order valence-electron chi connectivity index (χ3n) is 3.23. The summed E-state index contributed by atoms with van der Waals surface area (Å²) in [6.07, 6.45) is 1.25. The lowest BCUT2D eigenvalue weighted by Gasteiger charge is -2.16. The Labute approximate surface area is 112 Å². The lowest BCUT2D eigenvalue weighted by atomic mass is 9.96. The fourth-order valence-electron chi connectivity index (χ4n) is 2.03. The SMILES string of the molecule is CC(CC(N)c1ccc2c(c1)OCCCO2)C(=O)O. The molecule has 0 spiro atoms. The zero-order valence-electron chi connectivity index (χ0n) is 11.0. The average molecular weight is 265 g/mol. The van der Waals surface area contributed by atoms with Crippen LogP contribution in [0.15, 0.2) is 18.2 Å². The second-order valence-electron chi connectivity index (χ2n) is 4.84. The number of nitrogens with two attached hydrogens (primary N) is 1. The molecule has 2 atom stereocenters. The van der Waals surface area contributed by atoms with E-state index in [4.69, 9.17) is 20.3 Å². The van der Waals surface area contributed by atoms with Gasteiger partial charge >= 0.3 is 5.97 Å². The molecule has 1 aliphatic heterocycles. The smallest absolute Gasteiger partial charge is 0.306 e. The number of carboxylic acid groups (broad SMARTS) is 1. The molecule has 0 fully saturated rings. The minimum Gasteiger partial charge on any atom is -0.490 e. The van der Waals surface area contributed by atoms with Crippen molar-refractivity contribution in [3.05, 3.63) is 23.8 Å². The highest BCUT2D eigenvalue weighted by molar-refractivity contribution is 5.69. The summed E-state index contributed by atoms with van der Waals surface area (Å²) >= 11 is 0. The van der Waals surface area contributed by atoms with Gasteiger partial charge in [0.05, 0.1) is 19.1 Å². The molecule has 3 N–H and O–H groups in total. The number of hydrogen-bond acceptors (Lipinski definition) is 4. The maximum atomic E-state index is 10.8. The third kappa shape index (κ3) is 3.38. The molecule has 0 aliphatic carbocycles. The molecule has 2 unspecified atom stereocenters. The molecule has 19 heavy (non-hydrogen) atoms. The monoisotopic (exact) mass is 265 g/mol. The molecule has 0 aromatic heterocycles. The number of ether oxygens (including phenoxy) is 2. The van der Waals surface area contributed by atoms with Gasteiger partial charge in [0.15, 0.2) is 11.5 Å². The largest absolute Gasteiger partial charge is 0.490 e. The molecule has 5 nitrogen and oxygen atoms in total. The first-order valence-electron chi connectivity index (χ1n) is 6.46. The van der Waals surface area contributed by atoms with E-state index in [0.717, 1.165) is 17.7 Å². The quantitative estimate of drug-likeness (QED) is 0.869. The van der Waals surface area contributed by atoms with Crippen LogP contribution in [0.4, 0.5) is 0 Å². The molecule has 2 rings (SSSR count). The van der Waals surface area contributed by atoms with Crippen molar-refractivity contribution >= 4 is 5.97 Å². The number of carbonyl (C=O) groups is 1. The van der Waals surface area contributed by atoms with Crippen LogP contribution in [0.1, 0.15) is 31.4 Å². The lowest BCUT2D eigenvalue weighted by molar-refractivity contribution is -0.141. The molecule has 0 amide bonds. The van der Waals surface area contributed by atoms with Gasteiger partial charge in [-0.15, -0.1) is 0 Å². The van der Waals surface area contributed by atoms with Crippen molar-refractivity contribution in [3.8, 4) is 11.5 Å². The first kappa shape index (κ1) is 13.7. The van der Waals surface area contributed by atoms with E-state index < -0.39 is 11.9 Å². The van der Waals surface area contributed by atoms with Crippen LogP contribution >= 0.6 is 0 Å². The molecule has 0 bridgehead atoms.